The first-order valence-electron chi connectivity index (χ1n) is 6.26. The molecule has 6 nitrogen and oxygen atoms in total. The highest BCUT2D eigenvalue weighted by molar-refractivity contribution is 5.73. The lowest BCUT2D eigenvalue weighted by atomic mass is 10.2. The van der Waals surface area contributed by atoms with Crippen LogP contribution in [0.4, 0.5) is 5.95 Å². The minimum absolute atomic E-state index is 0.274. The highest BCUT2D eigenvalue weighted by atomic mass is 16.7. The number of ether oxygens (including phenoxy) is 2. The van der Waals surface area contributed by atoms with Crippen LogP contribution in [0.25, 0.3) is 11.2 Å². The molecule has 4 rings (SSSR count). The quantitative estimate of drug-likeness (QED) is 0.767. The van der Waals surface area contributed by atoms with Crippen LogP contribution < -0.4 is 15.2 Å². The minimum Gasteiger partial charge on any atom is -0.454 e. The molecule has 100 valence electrons. The predicted molar refractivity (Wildman–Crippen MR) is 73.6 cm³/mol. The van der Waals surface area contributed by atoms with Crippen molar-refractivity contribution in [1.82, 2.24) is 14.5 Å². The zero-order valence-corrected chi connectivity index (χ0v) is 10.6. The summed E-state index contributed by atoms with van der Waals surface area (Å²) >= 11 is 0. The molecule has 3 aromatic rings. The lowest BCUT2D eigenvalue weighted by Gasteiger charge is -2.06. The molecule has 20 heavy (non-hydrogen) atoms. The molecular weight excluding hydrogens is 256 g/mol. The fraction of sp³-hybridized carbons (Fsp3) is 0.143. The molecule has 3 heterocycles. The lowest BCUT2D eigenvalue weighted by Crippen LogP contribution is -2.05. The largest absolute Gasteiger partial charge is 0.454 e. The van der Waals surface area contributed by atoms with Crippen LogP contribution >= 0.6 is 0 Å². The van der Waals surface area contributed by atoms with Crippen LogP contribution in [0.2, 0.25) is 0 Å². The summed E-state index contributed by atoms with van der Waals surface area (Å²) in [5.41, 5.74) is 8.61. The summed E-state index contributed by atoms with van der Waals surface area (Å²) in [6.07, 6.45) is 1.74. The fourth-order valence-electron chi connectivity index (χ4n) is 2.35. The zero-order chi connectivity index (χ0) is 13.5. The molecule has 0 bridgehead atoms. The number of nitrogens with zero attached hydrogens (tertiary/aromatic N) is 3. The second-order valence-corrected chi connectivity index (χ2v) is 4.59. The van der Waals surface area contributed by atoms with E-state index >= 15 is 0 Å². The van der Waals surface area contributed by atoms with E-state index in [4.69, 9.17) is 15.2 Å². The first kappa shape index (κ1) is 11.1. The van der Waals surface area contributed by atoms with Crippen molar-refractivity contribution >= 4 is 17.1 Å². The molecule has 1 aliphatic rings. The van der Waals surface area contributed by atoms with Gasteiger partial charge >= 0.3 is 0 Å². The Kier molecular flexibility index (Phi) is 2.29. The summed E-state index contributed by atoms with van der Waals surface area (Å²) in [6.45, 7) is 0.868. The fourth-order valence-corrected chi connectivity index (χ4v) is 2.35. The molecule has 0 fully saturated rings. The van der Waals surface area contributed by atoms with Gasteiger partial charge in [0.1, 0.15) is 5.52 Å². The van der Waals surface area contributed by atoms with E-state index in [1.807, 2.05) is 34.9 Å². The Morgan fingerprint density at radius 2 is 2.10 bits per heavy atom. The van der Waals surface area contributed by atoms with Gasteiger partial charge in [0.05, 0.1) is 6.54 Å². The van der Waals surface area contributed by atoms with Crippen LogP contribution in [0.15, 0.2) is 36.5 Å². The third-order valence-corrected chi connectivity index (χ3v) is 3.31. The molecule has 0 radical (unpaired) electrons. The SMILES string of the molecule is Nc1nc2cccnc2n1Cc1ccc2c(c1)OCO2. The van der Waals surface area contributed by atoms with Crippen LogP contribution in [-0.2, 0) is 6.54 Å². The van der Waals surface area contributed by atoms with Crippen LogP contribution in [0.5, 0.6) is 11.5 Å². The van der Waals surface area contributed by atoms with E-state index in [1.165, 1.54) is 0 Å². The van der Waals surface area contributed by atoms with Crippen molar-refractivity contribution in [3.05, 3.63) is 42.1 Å². The Labute approximate surface area is 114 Å². The number of rotatable bonds is 2. The van der Waals surface area contributed by atoms with E-state index < -0.39 is 0 Å². The van der Waals surface area contributed by atoms with Crippen molar-refractivity contribution in [3.63, 3.8) is 0 Å². The molecule has 0 unspecified atom stereocenters. The molecule has 0 spiro atoms. The third-order valence-electron chi connectivity index (χ3n) is 3.31. The van der Waals surface area contributed by atoms with Crippen LogP contribution in [0.1, 0.15) is 5.56 Å². The summed E-state index contributed by atoms with van der Waals surface area (Å²) in [7, 11) is 0. The maximum atomic E-state index is 5.97. The molecule has 0 saturated heterocycles. The van der Waals surface area contributed by atoms with E-state index in [0.717, 1.165) is 28.2 Å². The van der Waals surface area contributed by atoms with E-state index in [-0.39, 0.29) is 6.79 Å². The number of nitrogen functional groups attached to an aromatic ring is 1. The van der Waals surface area contributed by atoms with Crippen molar-refractivity contribution in [3.8, 4) is 11.5 Å². The van der Waals surface area contributed by atoms with E-state index in [0.29, 0.717) is 12.5 Å². The third kappa shape index (κ3) is 1.65. The Balaban J connectivity index is 1.76. The second-order valence-electron chi connectivity index (χ2n) is 4.59. The number of imidazole rings is 1. The van der Waals surface area contributed by atoms with Gasteiger partial charge in [-0.15, -0.1) is 0 Å². The Hall–Kier alpha value is -2.76. The van der Waals surface area contributed by atoms with Gasteiger partial charge in [-0.1, -0.05) is 6.07 Å². The number of fused-ring (bicyclic) bond motifs is 2. The van der Waals surface area contributed by atoms with Gasteiger partial charge < -0.3 is 15.2 Å². The summed E-state index contributed by atoms with van der Waals surface area (Å²) < 4.78 is 12.6. The van der Waals surface area contributed by atoms with Gasteiger partial charge in [0.2, 0.25) is 12.7 Å². The summed E-state index contributed by atoms with van der Waals surface area (Å²) in [6, 6.07) is 9.59. The average molecular weight is 268 g/mol. The van der Waals surface area contributed by atoms with E-state index in [2.05, 4.69) is 9.97 Å². The first-order valence-corrected chi connectivity index (χ1v) is 6.26. The molecule has 0 saturated carbocycles. The normalized spacial score (nSPS) is 13.0. The van der Waals surface area contributed by atoms with Crippen molar-refractivity contribution in [1.29, 1.82) is 0 Å². The van der Waals surface area contributed by atoms with Gasteiger partial charge in [0.15, 0.2) is 17.1 Å². The van der Waals surface area contributed by atoms with Gasteiger partial charge in [-0.25, -0.2) is 9.97 Å². The number of benzene rings is 1. The molecule has 0 aliphatic carbocycles. The maximum Gasteiger partial charge on any atom is 0.231 e. The number of hydrogen-bond acceptors (Lipinski definition) is 5. The molecule has 1 aromatic carbocycles. The highest BCUT2D eigenvalue weighted by Crippen LogP contribution is 2.33. The molecular formula is C14H12N4O2. The summed E-state index contributed by atoms with van der Waals surface area (Å²) in [4.78, 5) is 8.64. The van der Waals surface area contributed by atoms with Crippen LogP contribution in [-0.4, -0.2) is 21.3 Å². The topological polar surface area (TPSA) is 75.2 Å². The van der Waals surface area contributed by atoms with Crippen molar-refractivity contribution < 1.29 is 9.47 Å². The predicted octanol–water partition coefficient (Wildman–Crippen LogP) is 1.79. The Bertz CT molecular complexity index is 797. The summed E-state index contributed by atoms with van der Waals surface area (Å²) in [5, 5.41) is 0. The molecule has 0 amide bonds. The first-order chi connectivity index (χ1) is 9.81. The molecule has 2 aromatic heterocycles. The minimum atomic E-state index is 0.274. The van der Waals surface area contributed by atoms with Crippen LogP contribution in [0, 0.1) is 0 Å². The van der Waals surface area contributed by atoms with Crippen molar-refractivity contribution in [2.45, 2.75) is 6.54 Å². The number of pyridine rings is 1. The van der Waals surface area contributed by atoms with Crippen molar-refractivity contribution in [2.24, 2.45) is 0 Å². The Morgan fingerprint density at radius 1 is 1.20 bits per heavy atom. The standard InChI is InChI=1S/C14H12N4O2/c15-14-17-10-2-1-5-16-13(10)18(14)7-9-3-4-11-12(6-9)20-8-19-11/h1-6H,7-8H2,(H2,15,17). The maximum absolute atomic E-state index is 5.97. The number of hydrogen-bond donors (Lipinski definition) is 1. The molecule has 1 aliphatic heterocycles. The Morgan fingerprint density at radius 3 is 3.05 bits per heavy atom. The summed E-state index contributed by atoms with van der Waals surface area (Å²) in [5.74, 6) is 1.99. The van der Waals surface area contributed by atoms with Gasteiger partial charge in [-0.05, 0) is 29.8 Å². The van der Waals surface area contributed by atoms with Crippen LogP contribution in [0.3, 0.4) is 0 Å². The monoisotopic (exact) mass is 268 g/mol. The molecule has 6 heteroatoms. The number of nitrogens with two attached hydrogens (primary N) is 1. The number of aromatic nitrogens is 3. The van der Waals surface area contributed by atoms with Crippen molar-refractivity contribution in [2.75, 3.05) is 12.5 Å². The number of anilines is 1. The van der Waals surface area contributed by atoms with Gasteiger partial charge in [0.25, 0.3) is 0 Å². The lowest BCUT2D eigenvalue weighted by molar-refractivity contribution is 0.174. The van der Waals surface area contributed by atoms with Gasteiger partial charge in [-0.3, -0.25) is 4.57 Å². The highest BCUT2D eigenvalue weighted by Gasteiger charge is 2.15. The van der Waals surface area contributed by atoms with E-state index in [1.54, 1.807) is 6.20 Å². The second kappa shape index (κ2) is 4.12. The zero-order valence-electron chi connectivity index (χ0n) is 10.6. The molecule has 0 atom stereocenters. The van der Waals surface area contributed by atoms with E-state index in [9.17, 15) is 0 Å². The average Bonchev–Trinajstić information content (AvgIpc) is 3.04. The smallest absolute Gasteiger partial charge is 0.231 e. The van der Waals surface area contributed by atoms with Gasteiger partial charge in [0, 0.05) is 6.20 Å². The molecule has 2 N–H and O–H groups in total. The van der Waals surface area contributed by atoms with Gasteiger partial charge in [-0.2, -0.15) is 0 Å².